The molecule has 0 amide bonds. The lowest BCUT2D eigenvalue weighted by atomic mass is 10.3. The quantitative estimate of drug-likeness (QED) is 0.510. The second kappa shape index (κ2) is 6.71. The number of anilines is 1. The standard InChI is InChI=1S/C11H13ClFNO2S/c1-2-3-16-11(15)6-17-10-5-9(14)8(13)4-7(10)12/h4-5H,2-3,6,14H2,1H3. The number of ether oxygens (including phenoxy) is 1. The van der Waals surface area contributed by atoms with Crippen LogP contribution < -0.4 is 5.73 Å². The first-order chi connectivity index (χ1) is 8.04. The summed E-state index contributed by atoms with van der Waals surface area (Å²) >= 11 is 7.00. The van der Waals surface area contributed by atoms with E-state index in [-0.39, 0.29) is 22.4 Å². The van der Waals surface area contributed by atoms with Crippen molar-refractivity contribution in [1.82, 2.24) is 0 Å². The van der Waals surface area contributed by atoms with E-state index in [1.807, 2.05) is 6.92 Å². The number of benzene rings is 1. The topological polar surface area (TPSA) is 52.3 Å². The predicted molar refractivity (Wildman–Crippen MR) is 67.8 cm³/mol. The molecule has 0 aromatic heterocycles. The first-order valence-corrected chi connectivity index (χ1v) is 6.44. The molecule has 0 unspecified atom stereocenters. The Bertz CT molecular complexity index is 415. The van der Waals surface area contributed by atoms with Crippen LogP contribution in [0.3, 0.4) is 0 Å². The number of nitrogen functional groups attached to an aromatic ring is 1. The zero-order valence-electron chi connectivity index (χ0n) is 9.33. The maximum absolute atomic E-state index is 13.0. The van der Waals surface area contributed by atoms with Gasteiger partial charge in [-0.15, -0.1) is 11.8 Å². The molecule has 1 aromatic rings. The minimum absolute atomic E-state index is 0.0128. The first kappa shape index (κ1) is 14.1. The van der Waals surface area contributed by atoms with E-state index in [9.17, 15) is 9.18 Å². The second-order valence-corrected chi connectivity index (χ2v) is 4.74. The molecule has 1 aromatic carbocycles. The molecule has 0 radical (unpaired) electrons. The fourth-order valence-corrected chi connectivity index (χ4v) is 2.13. The van der Waals surface area contributed by atoms with Gasteiger partial charge in [0.2, 0.25) is 0 Å². The van der Waals surface area contributed by atoms with Crippen LogP contribution in [0.15, 0.2) is 17.0 Å². The van der Waals surface area contributed by atoms with E-state index >= 15 is 0 Å². The molecule has 94 valence electrons. The van der Waals surface area contributed by atoms with Crippen LogP contribution >= 0.6 is 23.4 Å². The Morgan fingerprint density at radius 1 is 1.59 bits per heavy atom. The molecule has 0 aliphatic carbocycles. The smallest absolute Gasteiger partial charge is 0.316 e. The van der Waals surface area contributed by atoms with Crippen molar-refractivity contribution in [3.05, 3.63) is 23.0 Å². The van der Waals surface area contributed by atoms with Gasteiger partial charge in [0.25, 0.3) is 0 Å². The van der Waals surface area contributed by atoms with Gasteiger partial charge in [0.1, 0.15) is 5.82 Å². The molecule has 0 spiro atoms. The second-order valence-electron chi connectivity index (χ2n) is 3.31. The van der Waals surface area contributed by atoms with Crippen LogP contribution in [-0.4, -0.2) is 18.3 Å². The van der Waals surface area contributed by atoms with Gasteiger partial charge in [-0.3, -0.25) is 4.79 Å². The van der Waals surface area contributed by atoms with Crippen molar-refractivity contribution in [2.75, 3.05) is 18.1 Å². The highest BCUT2D eigenvalue weighted by atomic mass is 35.5. The molecular weight excluding hydrogens is 265 g/mol. The third-order valence-corrected chi connectivity index (χ3v) is 3.32. The molecule has 6 heteroatoms. The van der Waals surface area contributed by atoms with Crippen LogP contribution in [0.25, 0.3) is 0 Å². The van der Waals surface area contributed by atoms with E-state index < -0.39 is 5.82 Å². The van der Waals surface area contributed by atoms with Gasteiger partial charge in [0.05, 0.1) is 23.1 Å². The lowest BCUT2D eigenvalue weighted by molar-refractivity contribution is -0.140. The number of halogens is 2. The van der Waals surface area contributed by atoms with Crippen molar-refractivity contribution < 1.29 is 13.9 Å². The highest BCUT2D eigenvalue weighted by Crippen LogP contribution is 2.30. The van der Waals surface area contributed by atoms with Gasteiger partial charge in [-0.05, 0) is 18.6 Å². The number of thioether (sulfide) groups is 1. The summed E-state index contributed by atoms with van der Waals surface area (Å²) in [5, 5.41) is 0.241. The summed E-state index contributed by atoms with van der Waals surface area (Å²) in [6.45, 7) is 2.32. The predicted octanol–water partition coefficient (Wildman–Crippen LogP) is 3.11. The Hall–Kier alpha value is -0.940. The van der Waals surface area contributed by atoms with Crippen molar-refractivity contribution in [1.29, 1.82) is 0 Å². The zero-order chi connectivity index (χ0) is 12.8. The monoisotopic (exact) mass is 277 g/mol. The zero-order valence-corrected chi connectivity index (χ0v) is 10.9. The van der Waals surface area contributed by atoms with E-state index in [1.54, 1.807) is 0 Å². The third kappa shape index (κ3) is 4.44. The molecule has 2 N–H and O–H groups in total. The molecule has 3 nitrogen and oxygen atoms in total. The van der Waals surface area contributed by atoms with E-state index in [0.29, 0.717) is 11.5 Å². The Kier molecular flexibility index (Phi) is 5.58. The van der Waals surface area contributed by atoms with Crippen LogP contribution in [0.2, 0.25) is 5.02 Å². The molecular formula is C11H13ClFNO2S. The van der Waals surface area contributed by atoms with Gasteiger partial charge >= 0.3 is 5.97 Å². The van der Waals surface area contributed by atoms with Crippen LogP contribution in [-0.2, 0) is 9.53 Å². The van der Waals surface area contributed by atoms with Crippen LogP contribution in [0, 0.1) is 5.82 Å². The normalized spacial score (nSPS) is 10.3. The van der Waals surface area contributed by atoms with Gasteiger partial charge in [0, 0.05) is 4.90 Å². The Morgan fingerprint density at radius 2 is 2.29 bits per heavy atom. The van der Waals surface area contributed by atoms with Crippen LogP contribution in [0.1, 0.15) is 13.3 Å². The minimum atomic E-state index is -0.562. The van der Waals surface area contributed by atoms with Crippen molar-refractivity contribution in [2.45, 2.75) is 18.2 Å². The SMILES string of the molecule is CCCOC(=O)CSc1cc(N)c(F)cc1Cl. The van der Waals surface area contributed by atoms with Crippen LogP contribution in [0.5, 0.6) is 0 Å². The molecule has 0 bridgehead atoms. The summed E-state index contributed by atoms with van der Waals surface area (Å²) in [4.78, 5) is 11.8. The van der Waals surface area contributed by atoms with Gasteiger partial charge in [-0.25, -0.2) is 4.39 Å². The maximum atomic E-state index is 13.0. The van der Waals surface area contributed by atoms with E-state index in [0.717, 1.165) is 12.5 Å². The van der Waals surface area contributed by atoms with Crippen molar-refractivity contribution in [2.24, 2.45) is 0 Å². The molecule has 0 aliphatic heterocycles. The summed E-state index contributed by atoms with van der Waals surface area (Å²) in [6.07, 6.45) is 0.778. The largest absolute Gasteiger partial charge is 0.465 e. The lowest BCUT2D eigenvalue weighted by Crippen LogP contribution is -2.07. The molecule has 0 saturated heterocycles. The minimum Gasteiger partial charge on any atom is -0.465 e. The fraction of sp³-hybridized carbons (Fsp3) is 0.364. The number of esters is 1. The molecule has 0 saturated carbocycles. The van der Waals surface area contributed by atoms with Gasteiger partial charge in [-0.1, -0.05) is 18.5 Å². The number of hydrogen-bond acceptors (Lipinski definition) is 4. The number of carbonyl (C=O) groups excluding carboxylic acids is 1. The summed E-state index contributed by atoms with van der Waals surface area (Å²) in [5.41, 5.74) is 5.43. The maximum Gasteiger partial charge on any atom is 0.316 e. The number of carbonyl (C=O) groups is 1. The van der Waals surface area contributed by atoms with Gasteiger partial charge in [-0.2, -0.15) is 0 Å². The Morgan fingerprint density at radius 3 is 2.94 bits per heavy atom. The molecule has 0 aliphatic rings. The highest BCUT2D eigenvalue weighted by Gasteiger charge is 2.09. The Balaban J connectivity index is 2.57. The molecule has 0 fully saturated rings. The fourth-order valence-electron chi connectivity index (χ4n) is 1.05. The van der Waals surface area contributed by atoms with E-state index in [2.05, 4.69) is 0 Å². The average Bonchev–Trinajstić information content (AvgIpc) is 2.29. The van der Waals surface area contributed by atoms with Gasteiger partial charge < -0.3 is 10.5 Å². The Labute approximate surface area is 108 Å². The molecule has 1 rings (SSSR count). The van der Waals surface area contributed by atoms with Gasteiger partial charge in [0.15, 0.2) is 0 Å². The summed E-state index contributed by atoms with van der Waals surface area (Å²) < 4.78 is 17.9. The molecule has 0 atom stereocenters. The first-order valence-electron chi connectivity index (χ1n) is 5.07. The summed E-state index contributed by atoms with van der Waals surface area (Å²) in [5.74, 6) is -0.756. The van der Waals surface area contributed by atoms with E-state index in [1.165, 1.54) is 17.8 Å². The summed E-state index contributed by atoms with van der Waals surface area (Å²) in [7, 11) is 0. The lowest BCUT2D eigenvalue weighted by Gasteiger charge is -2.06. The third-order valence-electron chi connectivity index (χ3n) is 1.86. The number of nitrogens with two attached hydrogens (primary N) is 1. The molecule has 17 heavy (non-hydrogen) atoms. The van der Waals surface area contributed by atoms with E-state index in [4.69, 9.17) is 22.1 Å². The van der Waals surface area contributed by atoms with Crippen molar-refractivity contribution in [3.63, 3.8) is 0 Å². The van der Waals surface area contributed by atoms with Crippen molar-refractivity contribution >= 4 is 35.0 Å². The molecule has 0 heterocycles. The summed E-state index contributed by atoms with van der Waals surface area (Å²) in [6, 6.07) is 2.55. The van der Waals surface area contributed by atoms with Crippen molar-refractivity contribution in [3.8, 4) is 0 Å². The number of hydrogen-bond donors (Lipinski definition) is 1. The highest BCUT2D eigenvalue weighted by molar-refractivity contribution is 8.00. The average molecular weight is 278 g/mol. The van der Waals surface area contributed by atoms with Crippen LogP contribution in [0.4, 0.5) is 10.1 Å². The number of rotatable bonds is 5.